The summed E-state index contributed by atoms with van der Waals surface area (Å²) in [6, 6.07) is 0. The minimum absolute atomic E-state index is 0.142. The lowest BCUT2D eigenvalue weighted by atomic mass is 10.4. The summed E-state index contributed by atoms with van der Waals surface area (Å²) in [6.07, 6.45) is -2.44. The van der Waals surface area contributed by atoms with Crippen LogP contribution in [-0.2, 0) is 0 Å². The molecule has 0 atom stereocenters. The van der Waals surface area contributed by atoms with E-state index in [1.54, 1.807) is 0 Å². The van der Waals surface area contributed by atoms with Gasteiger partial charge in [0.2, 0.25) is 5.95 Å². The van der Waals surface area contributed by atoms with Gasteiger partial charge in [-0.15, -0.1) is 0 Å². The van der Waals surface area contributed by atoms with Gasteiger partial charge in [0.1, 0.15) is 0 Å². The fourth-order valence-corrected chi connectivity index (χ4v) is 0.745. The Labute approximate surface area is 78.4 Å². The number of nitrogens with zero attached hydrogens (tertiary/aromatic N) is 2. The Morgan fingerprint density at radius 2 is 1.86 bits per heavy atom. The SMILES string of the molecule is Nc1cnc(NCCC(F)(F)F)nc1. The standard InChI is InChI=1S/C7H9F3N4/c8-7(9,10)1-2-12-6-13-3-5(11)4-14-6/h3-4H,1-2,11H2,(H,12,13,14). The van der Waals surface area contributed by atoms with E-state index in [-0.39, 0.29) is 12.5 Å². The Balaban J connectivity index is 2.35. The summed E-state index contributed by atoms with van der Waals surface area (Å²) in [5, 5.41) is 2.43. The van der Waals surface area contributed by atoms with Gasteiger partial charge in [0.25, 0.3) is 0 Å². The summed E-state index contributed by atoms with van der Waals surface area (Å²) in [7, 11) is 0. The molecule has 1 aromatic rings. The molecule has 0 amide bonds. The molecule has 1 heterocycles. The highest BCUT2D eigenvalue weighted by atomic mass is 19.4. The van der Waals surface area contributed by atoms with Gasteiger partial charge in [-0.1, -0.05) is 0 Å². The first-order valence-corrected chi connectivity index (χ1v) is 3.85. The van der Waals surface area contributed by atoms with E-state index in [1.165, 1.54) is 12.4 Å². The van der Waals surface area contributed by atoms with Crippen LogP contribution in [0.3, 0.4) is 0 Å². The first-order chi connectivity index (χ1) is 6.47. The van der Waals surface area contributed by atoms with Crippen molar-refractivity contribution in [3.63, 3.8) is 0 Å². The van der Waals surface area contributed by atoms with Crippen LogP contribution in [0.25, 0.3) is 0 Å². The maximum absolute atomic E-state index is 11.7. The second kappa shape index (κ2) is 4.12. The van der Waals surface area contributed by atoms with Gasteiger partial charge in [-0.05, 0) is 0 Å². The molecule has 0 aromatic carbocycles. The third-order valence-corrected chi connectivity index (χ3v) is 1.36. The Morgan fingerprint density at radius 3 is 2.36 bits per heavy atom. The zero-order valence-electron chi connectivity index (χ0n) is 7.17. The molecule has 0 spiro atoms. The van der Waals surface area contributed by atoms with E-state index >= 15 is 0 Å². The number of hydrogen-bond acceptors (Lipinski definition) is 4. The molecule has 1 rings (SSSR count). The molecule has 7 heteroatoms. The number of nitrogen functional groups attached to an aromatic ring is 1. The predicted molar refractivity (Wildman–Crippen MR) is 45.6 cm³/mol. The number of alkyl halides is 3. The number of rotatable bonds is 3. The third kappa shape index (κ3) is 3.92. The zero-order valence-corrected chi connectivity index (χ0v) is 7.17. The fraction of sp³-hybridized carbons (Fsp3) is 0.429. The normalized spacial score (nSPS) is 11.4. The zero-order chi connectivity index (χ0) is 10.6. The van der Waals surface area contributed by atoms with Gasteiger partial charge < -0.3 is 11.1 Å². The smallest absolute Gasteiger partial charge is 0.390 e. The van der Waals surface area contributed by atoms with Crippen molar-refractivity contribution in [2.45, 2.75) is 12.6 Å². The summed E-state index contributed by atoms with van der Waals surface area (Å²) >= 11 is 0. The van der Waals surface area contributed by atoms with E-state index in [2.05, 4.69) is 15.3 Å². The first kappa shape index (κ1) is 10.6. The fourth-order valence-electron chi connectivity index (χ4n) is 0.745. The molecule has 0 bridgehead atoms. The molecule has 0 radical (unpaired) electrons. The van der Waals surface area contributed by atoms with E-state index in [0.29, 0.717) is 5.69 Å². The number of halogens is 3. The Hall–Kier alpha value is -1.53. The van der Waals surface area contributed by atoms with E-state index in [0.717, 1.165) is 0 Å². The summed E-state index contributed by atoms with van der Waals surface area (Å²) in [6.45, 7) is -0.243. The monoisotopic (exact) mass is 206 g/mol. The number of hydrogen-bond donors (Lipinski definition) is 2. The van der Waals surface area contributed by atoms with Crippen molar-refractivity contribution >= 4 is 11.6 Å². The predicted octanol–water partition coefficient (Wildman–Crippen LogP) is 1.42. The van der Waals surface area contributed by atoms with E-state index < -0.39 is 12.6 Å². The second-order valence-electron chi connectivity index (χ2n) is 2.63. The van der Waals surface area contributed by atoms with Crippen LogP contribution < -0.4 is 11.1 Å². The number of aromatic nitrogens is 2. The van der Waals surface area contributed by atoms with Gasteiger partial charge in [-0.2, -0.15) is 13.2 Å². The lowest BCUT2D eigenvalue weighted by Gasteiger charge is -2.07. The molecular formula is C7H9F3N4. The molecular weight excluding hydrogens is 197 g/mol. The van der Waals surface area contributed by atoms with Crippen molar-refractivity contribution < 1.29 is 13.2 Å². The lowest BCUT2D eigenvalue weighted by molar-refractivity contribution is -0.131. The van der Waals surface area contributed by atoms with Crippen molar-refractivity contribution in [1.82, 2.24) is 9.97 Å². The van der Waals surface area contributed by atoms with Crippen LogP contribution in [0.15, 0.2) is 12.4 Å². The average Bonchev–Trinajstić information content (AvgIpc) is 2.06. The van der Waals surface area contributed by atoms with E-state index in [9.17, 15) is 13.2 Å². The highest BCUT2D eigenvalue weighted by Gasteiger charge is 2.26. The molecule has 0 saturated carbocycles. The highest BCUT2D eigenvalue weighted by Crippen LogP contribution is 2.18. The number of nitrogens with two attached hydrogens (primary N) is 1. The summed E-state index contributed by atoms with van der Waals surface area (Å²) < 4.78 is 35.2. The van der Waals surface area contributed by atoms with Crippen LogP contribution in [0.2, 0.25) is 0 Å². The Kier molecular flexibility index (Phi) is 3.10. The van der Waals surface area contributed by atoms with Crippen molar-refractivity contribution in [2.24, 2.45) is 0 Å². The molecule has 0 aliphatic heterocycles. The summed E-state index contributed by atoms with van der Waals surface area (Å²) in [5.41, 5.74) is 5.66. The van der Waals surface area contributed by atoms with Crippen LogP contribution in [0.1, 0.15) is 6.42 Å². The summed E-state index contributed by atoms with van der Waals surface area (Å²) in [4.78, 5) is 7.37. The van der Waals surface area contributed by atoms with E-state index in [1.807, 2.05) is 0 Å². The molecule has 0 fully saturated rings. The molecule has 14 heavy (non-hydrogen) atoms. The molecule has 0 saturated heterocycles. The molecule has 78 valence electrons. The molecule has 0 aliphatic carbocycles. The third-order valence-electron chi connectivity index (χ3n) is 1.36. The molecule has 0 unspecified atom stereocenters. The van der Waals surface area contributed by atoms with Crippen molar-refractivity contribution in [2.75, 3.05) is 17.6 Å². The van der Waals surface area contributed by atoms with Crippen LogP contribution in [-0.4, -0.2) is 22.7 Å². The second-order valence-corrected chi connectivity index (χ2v) is 2.63. The van der Waals surface area contributed by atoms with Crippen LogP contribution in [0, 0.1) is 0 Å². The Bertz CT molecular complexity index is 282. The van der Waals surface area contributed by atoms with Crippen molar-refractivity contribution in [3.05, 3.63) is 12.4 Å². The van der Waals surface area contributed by atoms with E-state index in [4.69, 9.17) is 5.73 Å². The van der Waals surface area contributed by atoms with Crippen LogP contribution in [0.5, 0.6) is 0 Å². The number of nitrogens with one attached hydrogen (secondary N) is 1. The van der Waals surface area contributed by atoms with Gasteiger partial charge in [0.15, 0.2) is 0 Å². The summed E-state index contributed by atoms with van der Waals surface area (Å²) in [5.74, 6) is 0.142. The first-order valence-electron chi connectivity index (χ1n) is 3.85. The van der Waals surface area contributed by atoms with Crippen molar-refractivity contribution in [3.8, 4) is 0 Å². The van der Waals surface area contributed by atoms with Gasteiger partial charge in [0, 0.05) is 6.54 Å². The minimum atomic E-state index is -4.17. The van der Waals surface area contributed by atoms with Gasteiger partial charge in [-0.3, -0.25) is 0 Å². The highest BCUT2D eigenvalue weighted by molar-refractivity contribution is 5.35. The Morgan fingerprint density at radius 1 is 1.29 bits per heavy atom. The van der Waals surface area contributed by atoms with Crippen LogP contribution in [0.4, 0.5) is 24.8 Å². The minimum Gasteiger partial charge on any atom is -0.396 e. The molecule has 3 N–H and O–H groups in total. The topological polar surface area (TPSA) is 63.8 Å². The van der Waals surface area contributed by atoms with Gasteiger partial charge >= 0.3 is 6.18 Å². The lowest BCUT2D eigenvalue weighted by Crippen LogP contribution is -2.15. The molecule has 4 nitrogen and oxygen atoms in total. The maximum atomic E-state index is 11.7. The molecule has 0 aliphatic rings. The quantitative estimate of drug-likeness (QED) is 0.785. The average molecular weight is 206 g/mol. The maximum Gasteiger partial charge on any atom is 0.390 e. The van der Waals surface area contributed by atoms with Gasteiger partial charge in [-0.25, -0.2) is 9.97 Å². The number of anilines is 2. The molecule has 1 aromatic heterocycles. The van der Waals surface area contributed by atoms with Crippen molar-refractivity contribution in [1.29, 1.82) is 0 Å². The largest absolute Gasteiger partial charge is 0.396 e. The van der Waals surface area contributed by atoms with Gasteiger partial charge in [0.05, 0.1) is 24.5 Å². The van der Waals surface area contributed by atoms with Crippen LogP contribution >= 0.6 is 0 Å².